The highest BCUT2D eigenvalue weighted by Gasteiger charge is 2.21. The molecule has 1 aromatic rings. The molecule has 0 saturated heterocycles. The summed E-state index contributed by atoms with van der Waals surface area (Å²) in [5, 5.41) is 5.16. The van der Waals surface area contributed by atoms with Gasteiger partial charge in [0.15, 0.2) is 0 Å². The lowest BCUT2D eigenvalue weighted by Crippen LogP contribution is -2.31. The van der Waals surface area contributed by atoms with Crippen molar-refractivity contribution in [1.29, 1.82) is 0 Å². The first kappa shape index (κ1) is 17.1. The van der Waals surface area contributed by atoms with E-state index in [0.717, 1.165) is 0 Å². The van der Waals surface area contributed by atoms with E-state index < -0.39 is 10.0 Å². The maximum atomic E-state index is 12.3. The molecular formula is C12H17BrN2O4S. The number of rotatable bonds is 5. The second kappa shape index (κ2) is 6.66. The number of nitrogens with zero attached hydrogens (tertiary/aromatic N) is 1. The number of carbonyl (C=O) groups is 1. The van der Waals surface area contributed by atoms with Crippen LogP contribution in [0.2, 0.25) is 0 Å². The van der Waals surface area contributed by atoms with Gasteiger partial charge in [0.05, 0.1) is 11.5 Å². The van der Waals surface area contributed by atoms with E-state index in [-0.39, 0.29) is 10.8 Å². The van der Waals surface area contributed by atoms with Gasteiger partial charge in [-0.2, -0.15) is 0 Å². The Bertz CT molecular complexity index is 616. The minimum Gasteiger partial charge on any atom is -0.383 e. The van der Waals surface area contributed by atoms with E-state index in [0.29, 0.717) is 28.8 Å². The van der Waals surface area contributed by atoms with Gasteiger partial charge in [0.2, 0.25) is 10.0 Å². The second-order valence-corrected chi connectivity index (χ2v) is 6.79. The van der Waals surface area contributed by atoms with Crippen molar-refractivity contribution in [2.24, 2.45) is 5.14 Å². The number of nitrogens with two attached hydrogens (primary N) is 1. The average molecular weight is 365 g/mol. The Kier molecular flexibility index (Phi) is 5.69. The van der Waals surface area contributed by atoms with Gasteiger partial charge < -0.3 is 9.64 Å². The second-order valence-electron chi connectivity index (χ2n) is 4.34. The average Bonchev–Trinajstić information content (AvgIpc) is 2.36. The minimum atomic E-state index is -3.88. The Morgan fingerprint density at radius 3 is 2.55 bits per heavy atom. The summed E-state index contributed by atoms with van der Waals surface area (Å²) < 4.78 is 28.5. The molecule has 0 heterocycles. The number of sulfonamides is 1. The standard InChI is InChI=1S/C12H17BrN2O4S/c1-8-10(12(16)15(2)4-5-19-3)6-9(13)7-11(8)20(14,17)18/h6-7H,4-5H2,1-3H3,(H2,14,17,18). The van der Waals surface area contributed by atoms with Crippen molar-refractivity contribution in [3.8, 4) is 0 Å². The van der Waals surface area contributed by atoms with Crippen molar-refractivity contribution in [2.45, 2.75) is 11.8 Å². The first-order valence-corrected chi connectivity index (χ1v) is 8.09. The summed E-state index contributed by atoms with van der Waals surface area (Å²) >= 11 is 3.19. The number of ether oxygens (including phenoxy) is 1. The zero-order chi connectivity index (χ0) is 15.5. The Hall–Kier alpha value is -0.960. The topological polar surface area (TPSA) is 89.7 Å². The Balaban J connectivity index is 3.26. The molecule has 1 rings (SSSR count). The van der Waals surface area contributed by atoms with Gasteiger partial charge in [0.25, 0.3) is 5.91 Å². The van der Waals surface area contributed by atoms with Crippen molar-refractivity contribution in [3.05, 3.63) is 27.7 Å². The van der Waals surface area contributed by atoms with Crippen molar-refractivity contribution < 1.29 is 17.9 Å². The molecule has 0 aliphatic heterocycles. The van der Waals surface area contributed by atoms with Crippen molar-refractivity contribution in [2.75, 3.05) is 27.3 Å². The molecule has 0 fully saturated rings. The van der Waals surface area contributed by atoms with Gasteiger partial charge in [-0.1, -0.05) is 15.9 Å². The summed E-state index contributed by atoms with van der Waals surface area (Å²) in [5.74, 6) is -0.286. The van der Waals surface area contributed by atoms with Crippen LogP contribution in [0.5, 0.6) is 0 Å². The normalized spacial score (nSPS) is 11.4. The quantitative estimate of drug-likeness (QED) is 0.847. The molecule has 6 nitrogen and oxygen atoms in total. The molecule has 0 atom stereocenters. The fourth-order valence-corrected chi connectivity index (χ4v) is 3.14. The first-order valence-electron chi connectivity index (χ1n) is 5.75. The zero-order valence-electron chi connectivity index (χ0n) is 11.5. The maximum Gasteiger partial charge on any atom is 0.254 e. The number of halogens is 1. The monoisotopic (exact) mass is 364 g/mol. The largest absolute Gasteiger partial charge is 0.383 e. The number of hydrogen-bond donors (Lipinski definition) is 1. The number of primary sulfonamides is 1. The van der Waals surface area contributed by atoms with Crippen molar-refractivity contribution in [1.82, 2.24) is 4.90 Å². The van der Waals surface area contributed by atoms with Crippen molar-refractivity contribution in [3.63, 3.8) is 0 Å². The first-order chi connectivity index (χ1) is 9.18. The molecule has 20 heavy (non-hydrogen) atoms. The fourth-order valence-electron chi connectivity index (χ4n) is 1.71. The summed E-state index contributed by atoms with van der Waals surface area (Å²) in [7, 11) is -0.713. The van der Waals surface area contributed by atoms with E-state index in [1.807, 2.05) is 0 Å². The van der Waals surface area contributed by atoms with Crippen LogP contribution in [0.3, 0.4) is 0 Å². The molecule has 2 N–H and O–H groups in total. The predicted octanol–water partition coefficient (Wildman–Crippen LogP) is 1.12. The number of carbonyl (C=O) groups excluding carboxylic acids is 1. The number of amides is 1. The van der Waals surface area contributed by atoms with Crippen LogP contribution in [-0.4, -0.2) is 46.5 Å². The molecule has 0 aromatic heterocycles. The summed E-state index contributed by atoms with van der Waals surface area (Å²) in [4.78, 5) is 13.7. The molecular weight excluding hydrogens is 348 g/mol. The molecule has 0 radical (unpaired) electrons. The molecule has 1 amide bonds. The molecule has 0 spiro atoms. The van der Waals surface area contributed by atoms with Crippen LogP contribution in [0.1, 0.15) is 15.9 Å². The lowest BCUT2D eigenvalue weighted by molar-refractivity contribution is 0.0743. The molecule has 8 heteroatoms. The van der Waals surface area contributed by atoms with E-state index in [1.54, 1.807) is 27.1 Å². The lowest BCUT2D eigenvalue weighted by Gasteiger charge is -2.19. The molecule has 112 valence electrons. The lowest BCUT2D eigenvalue weighted by atomic mass is 10.1. The van der Waals surface area contributed by atoms with E-state index in [1.165, 1.54) is 11.0 Å². The van der Waals surface area contributed by atoms with Crippen LogP contribution in [0, 0.1) is 6.92 Å². The zero-order valence-corrected chi connectivity index (χ0v) is 13.9. The van der Waals surface area contributed by atoms with Crippen LogP contribution in [0.25, 0.3) is 0 Å². The Morgan fingerprint density at radius 2 is 2.05 bits per heavy atom. The maximum absolute atomic E-state index is 12.3. The highest BCUT2D eigenvalue weighted by atomic mass is 79.9. The third kappa shape index (κ3) is 4.02. The third-order valence-electron chi connectivity index (χ3n) is 2.84. The van der Waals surface area contributed by atoms with E-state index >= 15 is 0 Å². The minimum absolute atomic E-state index is 0.0598. The van der Waals surface area contributed by atoms with Gasteiger partial charge in [-0.25, -0.2) is 13.6 Å². The molecule has 0 bridgehead atoms. The van der Waals surface area contributed by atoms with Gasteiger partial charge >= 0.3 is 0 Å². The Morgan fingerprint density at radius 1 is 1.45 bits per heavy atom. The van der Waals surface area contributed by atoms with Crippen LogP contribution in [0.4, 0.5) is 0 Å². The van der Waals surface area contributed by atoms with Gasteiger partial charge in [-0.05, 0) is 24.6 Å². The molecule has 0 aliphatic carbocycles. The van der Waals surface area contributed by atoms with Gasteiger partial charge in [0, 0.05) is 30.7 Å². The summed E-state index contributed by atoms with van der Waals surface area (Å²) in [5.41, 5.74) is 0.631. The van der Waals surface area contributed by atoms with E-state index in [4.69, 9.17) is 9.88 Å². The molecule has 0 aliphatic rings. The van der Waals surface area contributed by atoms with Crippen LogP contribution in [-0.2, 0) is 14.8 Å². The number of benzene rings is 1. The summed E-state index contributed by atoms with van der Waals surface area (Å²) in [6.07, 6.45) is 0. The van der Waals surface area contributed by atoms with E-state index in [2.05, 4.69) is 15.9 Å². The Labute approximate surface area is 127 Å². The highest BCUT2D eigenvalue weighted by Crippen LogP contribution is 2.24. The van der Waals surface area contributed by atoms with E-state index in [9.17, 15) is 13.2 Å². The molecule has 0 unspecified atom stereocenters. The van der Waals surface area contributed by atoms with Gasteiger partial charge in [-0.15, -0.1) is 0 Å². The molecule has 1 aromatic carbocycles. The fraction of sp³-hybridized carbons (Fsp3) is 0.417. The number of methoxy groups -OCH3 is 1. The summed E-state index contributed by atoms with van der Waals surface area (Å²) in [6, 6.07) is 2.96. The predicted molar refractivity (Wildman–Crippen MR) is 79.1 cm³/mol. The highest BCUT2D eigenvalue weighted by molar-refractivity contribution is 9.10. The SMILES string of the molecule is COCCN(C)C(=O)c1cc(Br)cc(S(N)(=O)=O)c1C. The van der Waals surface area contributed by atoms with Crippen LogP contribution in [0.15, 0.2) is 21.5 Å². The van der Waals surface area contributed by atoms with Gasteiger partial charge in [0.1, 0.15) is 0 Å². The summed E-state index contributed by atoms with van der Waals surface area (Å²) in [6.45, 7) is 2.37. The number of hydrogen-bond acceptors (Lipinski definition) is 4. The van der Waals surface area contributed by atoms with Gasteiger partial charge in [-0.3, -0.25) is 4.79 Å². The van der Waals surface area contributed by atoms with Crippen LogP contribution < -0.4 is 5.14 Å². The smallest absolute Gasteiger partial charge is 0.254 e. The molecule has 0 saturated carbocycles. The third-order valence-corrected chi connectivity index (χ3v) is 4.33. The number of likely N-dealkylation sites (N-methyl/N-ethyl adjacent to an activating group) is 1. The van der Waals surface area contributed by atoms with Crippen LogP contribution >= 0.6 is 15.9 Å². The van der Waals surface area contributed by atoms with Crippen molar-refractivity contribution >= 4 is 31.9 Å².